The highest BCUT2D eigenvalue weighted by Crippen LogP contribution is 2.07. The molecule has 1 fully saturated rings. The predicted molar refractivity (Wildman–Crippen MR) is 53.6 cm³/mol. The van der Waals surface area contributed by atoms with Crippen molar-refractivity contribution >= 4 is 5.91 Å². The number of carbonyl (C=O) groups is 1. The SMILES string of the molecule is CCCN1CCN(C(C)C)C(=O)C1. The standard InChI is InChI=1S/C10H20N2O/c1-4-5-11-6-7-12(9(2)3)10(13)8-11/h9H,4-8H2,1-3H3. The summed E-state index contributed by atoms with van der Waals surface area (Å²) in [4.78, 5) is 15.8. The van der Waals surface area contributed by atoms with Gasteiger partial charge in [-0.1, -0.05) is 6.92 Å². The lowest BCUT2D eigenvalue weighted by molar-refractivity contribution is -0.137. The predicted octanol–water partition coefficient (Wildman–Crippen LogP) is 0.949. The molecule has 0 aromatic heterocycles. The summed E-state index contributed by atoms with van der Waals surface area (Å²) in [5, 5.41) is 0. The van der Waals surface area contributed by atoms with Crippen molar-refractivity contribution in [2.45, 2.75) is 33.2 Å². The van der Waals surface area contributed by atoms with Crippen LogP contribution in [0, 0.1) is 0 Å². The van der Waals surface area contributed by atoms with Gasteiger partial charge in [-0.2, -0.15) is 0 Å². The fourth-order valence-corrected chi connectivity index (χ4v) is 1.79. The van der Waals surface area contributed by atoms with E-state index in [1.165, 1.54) is 0 Å². The minimum Gasteiger partial charge on any atom is -0.338 e. The summed E-state index contributed by atoms with van der Waals surface area (Å²) >= 11 is 0. The van der Waals surface area contributed by atoms with Crippen molar-refractivity contribution in [2.24, 2.45) is 0 Å². The van der Waals surface area contributed by atoms with Crippen molar-refractivity contribution in [3.05, 3.63) is 0 Å². The number of piperazine rings is 1. The molecule has 0 aromatic carbocycles. The largest absolute Gasteiger partial charge is 0.338 e. The monoisotopic (exact) mass is 184 g/mol. The lowest BCUT2D eigenvalue weighted by Crippen LogP contribution is -2.52. The molecular formula is C10H20N2O. The van der Waals surface area contributed by atoms with Gasteiger partial charge in [-0.15, -0.1) is 0 Å². The van der Waals surface area contributed by atoms with E-state index in [2.05, 4.69) is 25.7 Å². The zero-order chi connectivity index (χ0) is 9.84. The second-order valence-corrected chi connectivity index (χ2v) is 3.96. The van der Waals surface area contributed by atoms with Crippen LogP contribution in [0.5, 0.6) is 0 Å². The van der Waals surface area contributed by atoms with Gasteiger partial charge in [-0.3, -0.25) is 9.69 Å². The first-order valence-electron chi connectivity index (χ1n) is 5.17. The highest BCUT2D eigenvalue weighted by atomic mass is 16.2. The Morgan fingerprint density at radius 3 is 2.54 bits per heavy atom. The number of hydrogen-bond acceptors (Lipinski definition) is 2. The molecule has 0 N–H and O–H groups in total. The molecule has 13 heavy (non-hydrogen) atoms. The van der Waals surface area contributed by atoms with Crippen LogP contribution in [0.2, 0.25) is 0 Å². The van der Waals surface area contributed by atoms with Crippen molar-refractivity contribution in [1.29, 1.82) is 0 Å². The van der Waals surface area contributed by atoms with E-state index in [0.29, 0.717) is 12.6 Å². The molecule has 1 amide bonds. The van der Waals surface area contributed by atoms with Gasteiger partial charge in [-0.25, -0.2) is 0 Å². The van der Waals surface area contributed by atoms with Gasteiger partial charge in [-0.05, 0) is 26.8 Å². The summed E-state index contributed by atoms with van der Waals surface area (Å²) in [6.45, 7) is 9.91. The summed E-state index contributed by atoms with van der Waals surface area (Å²) in [7, 11) is 0. The fourth-order valence-electron chi connectivity index (χ4n) is 1.79. The van der Waals surface area contributed by atoms with Crippen LogP contribution in [0.15, 0.2) is 0 Å². The third-order valence-corrected chi connectivity index (χ3v) is 2.50. The van der Waals surface area contributed by atoms with E-state index < -0.39 is 0 Å². The van der Waals surface area contributed by atoms with Crippen molar-refractivity contribution in [3.63, 3.8) is 0 Å². The normalized spacial score (nSPS) is 20.0. The van der Waals surface area contributed by atoms with Crippen LogP contribution in [0.25, 0.3) is 0 Å². The highest BCUT2D eigenvalue weighted by molar-refractivity contribution is 5.79. The number of amides is 1. The van der Waals surface area contributed by atoms with Crippen molar-refractivity contribution in [2.75, 3.05) is 26.2 Å². The second-order valence-electron chi connectivity index (χ2n) is 3.96. The van der Waals surface area contributed by atoms with Crippen LogP contribution in [0.3, 0.4) is 0 Å². The smallest absolute Gasteiger partial charge is 0.237 e. The third kappa shape index (κ3) is 2.69. The summed E-state index contributed by atoms with van der Waals surface area (Å²) in [5.74, 6) is 0.287. The maximum Gasteiger partial charge on any atom is 0.237 e. The molecule has 0 spiro atoms. The molecule has 1 aliphatic heterocycles. The Hall–Kier alpha value is -0.570. The van der Waals surface area contributed by atoms with Crippen molar-refractivity contribution in [3.8, 4) is 0 Å². The summed E-state index contributed by atoms with van der Waals surface area (Å²) in [6.07, 6.45) is 1.13. The Morgan fingerprint density at radius 1 is 1.38 bits per heavy atom. The van der Waals surface area contributed by atoms with E-state index in [1.54, 1.807) is 0 Å². The van der Waals surface area contributed by atoms with Crippen LogP contribution in [0.1, 0.15) is 27.2 Å². The fraction of sp³-hybridized carbons (Fsp3) is 0.900. The van der Waals surface area contributed by atoms with Crippen LogP contribution < -0.4 is 0 Å². The topological polar surface area (TPSA) is 23.6 Å². The molecule has 0 atom stereocenters. The zero-order valence-corrected chi connectivity index (χ0v) is 8.92. The van der Waals surface area contributed by atoms with Gasteiger partial charge in [0.1, 0.15) is 0 Å². The Labute approximate surface area is 80.7 Å². The molecule has 0 bridgehead atoms. The molecule has 1 saturated heterocycles. The first-order chi connectivity index (χ1) is 6.15. The van der Waals surface area contributed by atoms with E-state index in [0.717, 1.165) is 26.1 Å². The van der Waals surface area contributed by atoms with E-state index in [1.807, 2.05) is 4.90 Å². The van der Waals surface area contributed by atoms with Gasteiger partial charge in [0.15, 0.2) is 0 Å². The summed E-state index contributed by atoms with van der Waals surface area (Å²) in [6, 6.07) is 0.358. The maximum absolute atomic E-state index is 11.6. The zero-order valence-electron chi connectivity index (χ0n) is 8.92. The number of hydrogen-bond donors (Lipinski definition) is 0. The third-order valence-electron chi connectivity index (χ3n) is 2.50. The van der Waals surface area contributed by atoms with Gasteiger partial charge in [0, 0.05) is 19.1 Å². The lowest BCUT2D eigenvalue weighted by Gasteiger charge is -2.36. The van der Waals surface area contributed by atoms with Crippen LogP contribution in [-0.4, -0.2) is 47.9 Å². The van der Waals surface area contributed by atoms with Crippen molar-refractivity contribution in [1.82, 2.24) is 9.80 Å². The lowest BCUT2D eigenvalue weighted by atomic mass is 10.2. The number of carbonyl (C=O) groups excluding carboxylic acids is 1. The van der Waals surface area contributed by atoms with Gasteiger partial charge in [0.25, 0.3) is 0 Å². The molecule has 1 heterocycles. The first kappa shape index (κ1) is 10.5. The molecule has 0 radical (unpaired) electrons. The summed E-state index contributed by atoms with van der Waals surface area (Å²) < 4.78 is 0. The quantitative estimate of drug-likeness (QED) is 0.652. The average molecular weight is 184 g/mol. The Balaban J connectivity index is 2.42. The van der Waals surface area contributed by atoms with E-state index in [-0.39, 0.29) is 5.91 Å². The molecule has 3 heteroatoms. The van der Waals surface area contributed by atoms with Gasteiger partial charge < -0.3 is 4.90 Å². The highest BCUT2D eigenvalue weighted by Gasteiger charge is 2.24. The minimum atomic E-state index is 0.287. The molecule has 0 aliphatic carbocycles. The van der Waals surface area contributed by atoms with Crippen LogP contribution >= 0.6 is 0 Å². The molecule has 0 saturated carbocycles. The number of nitrogens with zero attached hydrogens (tertiary/aromatic N) is 2. The second kappa shape index (κ2) is 4.61. The first-order valence-corrected chi connectivity index (χ1v) is 5.17. The van der Waals surface area contributed by atoms with E-state index in [4.69, 9.17) is 0 Å². The van der Waals surface area contributed by atoms with Crippen LogP contribution in [0.4, 0.5) is 0 Å². The van der Waals surface area contributed by atoms with Gasteiger partial charge in [0.2, 0.25) is 5.91 Å². The molecule has 76 valence electrons. The van der Waals surface area contributed by atoms with Crippen molar-refractivity contribution < 1.29 is 4.79 Å². The molecular weight excluding hydrogens is 164 g/mol. The Morgan fingerprint density at radius 2 is 2.08 bits per heavy atom. The van der Waals surface area contributed by atoms with Gasteiger partial charge >= 0.3 is 0 Å². The van der Waals surface area contributed by atoms with E-state index >= 15 is 0 Å². The van der Waals surface area contributed by atoms with E-state index in [9.17, 15) is 4.79 Å². The van der Waals surface area contributed by atoms with Gasteiger partial charge in [0.05, 0.1) is 6.54 Å². The average Bonchev–Trinajstić information content (AvgIpc) is 2.04. The Kier molecular flexibility index (Phi) is 3.72. The maximum atomic E-state index is 11.6. The molecule has 1 aliphatic rings. The molecule has 3 nitrogen and oxygen atoms in total. The molecule has 1 rings (SSSR count). The number of rotatable bonds is 3. The molecule has 0 unspecified atom stereocenters. The Bertz CT molecular complexity index is 180. The summed E-state index contributed by atoms with van der Waals surface area (Å²) in [5.41, 5.74) is 0. The molecule has 0 aromatic rings. The van der Waals surface area contributed by atoms with Crippen LogP contribution in [-0.2, 0) is 4.79 Å². The minimum absolute atomic E-state index is 0.287.